The van der Waals surface area contributed by atoms with E-state index in [1.165, 1.54) is 12.8 Å². The van der Waals surface area contributed by atoms with E-state index in [-0.39, 0.29) is 23.1 Å². The SMILES string of the molecule is CCCC1CCC(C(O)c2ccc3c(c2F)C(=O)OC(CC)C3)CC1. The van der Waals surface area contributed by atoms with E-state index in [1.807, 2.05) is 6.92 Å². The molecule has 0 saturated heterocycles. The molecule has 0 aromatic heterocycles. The molecule has 1 aromatic carbocycles. The van der Waals surface area contributed by atoms with Crippen molar-refractivity contribution in [1.29, 1.82) is 0 Å². The first kappa shape index (κ1) is 18.4. The molecule has 4 heteroatoms. The van der Waals surface area contributed by atoms with Crippen molar-refractivity contribution in [2.24, 2.45) is 11.8 Å². The Morgan fingerprint density at radius 3 is 2.60 bits per heavy atom. The molecule has 1 saturated carbocycles. The van der Waals surface area contributed by atoms with Gasteiger partial charge in [-0.2, -0.15) is 0 Å². The fourth-order valence-corrected chi connectivity index (χ4v) is 4.43. The molecule has 1 heterocycles. The van der Waals surface area contributed by atoms with Crippen LogP contribution in [0.5, 0.6) is 0 Å². The van der Waals surface area contributed by atoms with Gasteiger partial charge in [-0.1, -0.05) is 51.7 Å². The van der Waals surface area contributed by atoms with E-state index in [4.69, 9.17) is 4.74 Å². The third kappa shape index (κ3) is 3.74. The lowest BCUT2D eigenvalue weighted by atomic mass is 9.76. The minimum Gasteiger partial charge on any atom is -0.458 e. The summed E-state index contributed by atoms with van der Waals surface area (Å²) >= 11 is 0. The highest BCUT2D eigenvalue weighted by Crippen LogP contribution is 2.40. The maximum absolute atomic E-state index is 15.0. The average molecular weight is 348 g/mol. The highest BCUT2D eigenvalue weighted by atomic mass is 19.1. The molecule has 1 aromatic rings. The van der Waals surface area contributed by atoms with Crippen LogP contribution in [0.3, 0.4) is 0 Å². The van der Waals surface area contributed by atoms with Gasteiger partial charge in [-0.3, -0.25) is 0 Å². The van der Waals surface area contributed by atoms with Gasteiger partial charge in [0.25, 0.3) is 0 Å². The molecule has 2 aliphatic rings. The Morgan fingerprint density at radius 2 is 1.96 bits per heavy atom. The fourth-order valence-electron chi connectivity index (χ4n) is 4.43. The van der Waals surface area contributed by atoms with Crippen molar-refractivity contribution in [3.05, 3.63) is 34.6 Å². The van der Waals surface area contributed by atoms with Crippen LogP contribution in [0.4, 0.5) is 4.39 Å². The topological polar surface area (TPSA) is 46.5 Å². The second kappa shape index (κ2) is 7.86. The minimum atomic E-state index is -0.843. The highest BCUT2D eigenvalue weighted by Gasteiger charge is 2.34. The van der Waals surface area contributed by atoms with Crippen molar-refractivity contribution in [3.63, 3.8) is 0 Å². The van der Waals surface area contributed by atoms with Crippen molar-refractivity contribution in [3.8, 4) is 0 Å². The van der Waals surface area contributed by atoms with Crippen molar-refractivity contribution in [2.75, 3.05) is 0 Å². The molecule has 1 N–H and O–H groups in total. The summed E-state index contributed by atoms with van der Waals surface area (Å²) in [5, 5.41) is 10.7. The zero-order valence-electron chi connectivity index (χ0n) is 15.3. The van der Waals surface area contributed by atoms with Crippen molar-refractivity contribution in [1.82, 2.24) is 0 Å². The summed E-state index contributed by atoms with van der Waals surface area (Å²) in [6.45, 7) is 4.15. The van der Waals surface area contributed by atoms with Gasteiger partial charge in [0.05, 0.1) is 11.7 Å². The first-order chi connectivity index (χ1) is 12.0. The monoisotopic (exact) mass is 348 g/mol. The first-order valence-corrected chi connectivity index (χ1v) is 9.75. The molecule has 3 rings (SSSR count). The van der Waals surface area contributed by atoms with E-state index in [1.54, 1.807) is 12.1 Å². The van der Waals surface area contributed by atoms with Gasteiger partial charge in [0.1, 0.15) is 11.9 Å². The Kier molecular flexibility index (Phi) is 5.78. The molecule has 1 aliphatic heterocycles. The molecule has 0 radical (unpaired) electrons. The zero-order chi connectivity index (χ0) is 18.0. The normalized spacial score (nSPS) is 27.5. The Bertz CT molecular complexity index is 620. The van der Waals surface area contributed by atoms with Gasteiger partial charge in [0.15, 0.2) is 0 Å². The summed E-state index contributed by atoms with van der Waals surface area (Å²) < 4.78 is 20.3. The van der Waals surface area contributed by atoms with E-state index in [0.29, 0.717) is 12.0 Å². The van der Waals surface area contributed by atoms with Gasteiger partial charge in [-0.05, 0) is 36.7 Å². The number of ether oxygens (including phenoxy) is 1. The minimum absolute atomic E-state index is 0.0286. The molecular weight excluding hydrogens is 319 g/mol. The maximum Gasteiger partial charge on any atom is 0.341 e. The van der Waals surface area contributed by atoms with Crippen molar-refractivity contribution in [2.45, 2.75) is 77.4 Å². The molecule has 3 nitrogen and oxygen atoms in total. The molecule has 2 atom stereocenters. The largest absolute Gasteiger partial charge is 0.458 e. The van der Waals surface area contributed by atoms with E-state index < -0.39 is 17.9 Å². The number of hydrogen-bond donors (Lipinski definition) is 1. The van der Waals surface area contributed by atoms with Crippen LogP contribution in [0.1, 0.15) is 86.4 Å². The van der Waals surface area contributed by atoms with Crippen molar-refractivity contribution >= 4 is 5.97 Å². The van der Waals surface area contributed by atoms with Crippen LogP contribution in [0, 0.1) is 17.7 Å². The summed E-state index contributed by atoms with van der Waals surface area (Å²) in [5.41, 5.74) is 0.980. The number of rotatable bonds is 5. The number of aliphatic hydroxyl groups is 1. The average Bonchev–Trinajstić information content (AvgIpc) is 2.62. The molecule has 1 fully saturated rings. The lowest BCUT2D eigenvalue weighted by molar-refractivity contribution is 0.0239. The molecule has 0 amide bonds. The van der Waals surface area contributed by atoms with Gasteiger partial charge < -0.3 is 9.84 Å². The molecule has 0 bridgehead atoms. The van der Waals surface area contributed by atoms with Gasteiger partial charge in [-0.15, -0.1) is 0 Å². The molecule has 138 valence electrons. The second-order valence-electron chi connectivity index (χ2n) is 7.66. The van der Waals surface area contributed by atoms with Gasteiger partial charge in [0.2, 0.25) is 0 Å². The third-order valence-electron chi connectivity index (χ3n) is 5.99. The number of benzene rings is 1. The Morgan fingerprint density at radius 1 is 1.24 bits per heavy atom. The van der Waals surface area contributed by atoms with Crippen molar-refractivity contribution < 1.29 is 19.0 Å². The fraction of sp³-hybridized carbons (Fsp3) is 0.667. The third-order valence-corrected chi connectivity index (χ3v) is 5.99. The van der Waals surface area contributed by atoms with Crippen LogP contribution in [-0.4, -0.2) is 17.2 Å². The van der Waals surface area contributed by atoms with Gasteiger partial charge >= 0.3 is 5.97 Å². The zero-order valence-corrected chi connectivity index (χ0v) is 15.3. The standard InChI is InChI=1S/C21H29FO3/c1-3-5-13-6-8-14(9-7-13)20(23)17-11-10-15-12-16(4-2)25-21(24)18(15)19(17)22/h10-11,13-14,16,20,23H,3-9,12H2,1-2H3. The summed E-state index contributed by atoms with van der Waals surface area (Å²) in [6.07, 6.45) is 6.72. The number of esters is 1. The predicted octanol–water partition coefficient (Wildman–Crippen LogP) is 4.96. The number of carbonyl (C=O) groups is 1. The summed E-state index contributed by atoms with van der Waals surface area (Å²) in [4.78, 5) is 12.2. The van der Waals surface area contributed by atoms with Crippen LogP contribution >= 0.6 is 0 Å². The predicted molar refractivity (Wildman–Crippen MR) is 94.9 cm³/mol. The Labute approximate surface area is 149 Å². The molecule has 2 unspecified atom stereocenters. The lowest BCUT2D eigenvalue weighted by Gasteiger charge is -2.32. The molecule has 1 aliphatic carbocycles. The Balaban J connectivity index is 1.77. The van der Waals surface area contributed by atoms with Crippen LogP contribution in [0.15, 0.2) is 12.1 Å². The van der Waals surface area contributed by atoms with E-state index >= 15 is 0 Å². The van der Waals surface area contributed by atoms with Crippen LogP contribution in [-0.2, 0) is 11.2 Å². The van der Waals surface area contributed by atoms with E-state index in [2.05, 4.69) is 6.92 Å². The van der Waals surface area contributed by atoms with Crippen LogP contribution < -0.4 is 0 Å². The molecule has 25 heavy (non-hydrogen) atoms. The smallest absolute Gasteiger partial charge is 0.341 e. The number of halogens is 1. The summed E-state index contributed by atoms with van der Waals surface area (Å²) in [6, 6.07) is 3.46. The van der Waals surface area contributed by atoms with Crippen LogP contribution in [0.2, 0.25) is 0 Å². The summed E-state index contributed by atoms with van der Waals surface area (Å²) in [7, 11) is 0. The number of carbonyl (C=O) groups excluding carboxylic acids is 1. The lowest BCUT2D eigenvalue weighted by Crippen LogP contribution is -2.29. The molecular formula is C21H29FO3. The number of cyclic esters (lactones) is 1. The number of fused-ring (bicyclic) bond motifs is 1. The highest BCUT2D eigenvalue weighted by molar-refractivity contribution is 5.92. The second-order valence-corrected chi connectivity index (χ2v) is 7.66. The van der Waals surface area contributed by atoms with Crippen LogP contribution in [0.25, 0.3) is 0 Å². The number of hydrogen-bond acceptors (Lipinski definition) is 3. The summed E-state index contributed by atoms with van der Waals surface area (Å²) in [5.74, 6) is -0.363. The first-order valence-electron chi connectivity index (χ1n) is 9.75. The number of aliphatic hydroxyl groups excluding tert-OH is 1. The van der Waals surface area contributed by atoms with E-state index in [0.717, 1.165) is 38.0 Å². The maximum atomic E-state index is 15.0. The van der Waals surface area contributed by atoms with Gasteiger partial charge in [0, 0.05) is 12.0 Å². The van der Waals surface area contributed by atoms with E-state index in [9.17, 15) is 14.3 Å². The van der Waals surface area contributed by atoms with Gasteiger partial charge in [-0.25, -0.2) is 9.18 Å². The molecule has 0 spiro atoms. The Hall–Kier alpha value is -1.42. The quantitative estimate of drug-likeness (QED) is 0.765.